The highest BCUT2D eigenvalue weighted by atomic mass is 16.1. The molecular weight excluding hydrogens is 310 g/mol. The monoisotopic (exact) mass is 329 g/mol. The average molecular weight is 329 g/mol. The van der Waals surface area contributed by atoms with Crippen LogP contribution in [0, 0.1) is 6.92 Å². The van der Waals surface area contributed by atoms with Gasteiger partial charge in [-0.05, 0) is 55.2 Å². The molecule has 1 amide bonds. The number of benzene rings is 2. The van der Waals surface area contributed by atoms with Crippen LogP contribution in [0.2, 0.25) is 0 Å². The normalized spacial score (nSPS) is 12.8. The van der Waals surface area contributed by atoms with Gasteiger partial charge in [-0.15, -0.1) is 0 Å². The molecule has 4 heteroatoms. The first-order valence-electron chi connectivity index (χ1n) is 8.49. The van der Waals surface area contributed by atoms with Crippen LogP contribution in [0.1, 0.15) is 22.4 Å². The van der Waals surface area contributed by atoms with Crippen molar-refractivity contribution in [2.24, 2.45) is 0 Å². The lowest BCUT2D eigenvalue weighted by atomic mass is 10.0. The fraction of sp³-hybridized carbons (Fsp3) is 0.190. The molecule has 2 heterocycles. The maximum Gasteiger partial charge on any atom is 0.228 e. The number of hydrogen-bond acceptors (Lipinski definition) is 3. The molecule has 1 aromatic heterocycles. The third-order valence-electron chi connectivity index (χ3n) is 4.54. The number of carbonyl (C=O) groups is 1. The highest BCUT2D eigenvalue weighted by Crippen LogP contribution is 2.28. The van der Waals surface area contributed by atoms with E-state index in [9.17, 15) is 4.79 Å². The maximum absolute atomic E-state index is 11.5. The smallest absolute Gasteiger partial charge is 0.228 e. The molecule has 3 aromatic rings. The van der Waals surface area contributed by atoms with Crippen LogP contribution in [0.15, 0.2) is 54.6 Å². The summed E-state index contributed by atoms with van der Waals surface area (Å²) in [6, 6.07) is 18.6. The van der Waals surface area contributed by atoms with E-state index < -0.39 is 0 Å². The minimum Gasteiger partial charge on any atom is -0.326 e. The number of rotatable bonds is 4. The van der Waals surface area contributed by atoms with Gasteiger partial charge in [0.25, 0.3) is 0 Å². The minimum absolute atomic E-state index is 0.0460. The zero-order valence-corrected chi connectivity index (χ0v) is 14.1. The quantitative estimate of drug-likeness (QED) is 0.793. The van der Waals surface area contributed by atoms with Crippen LogP contribution in [-0.2, 0) is 24.1 Å². The molecule has 0 saturated heterocycles. The molecule has 1 aliphatic heterocycles. The SMILES string of the molecule is Cc1ccc(CCc2ccc(-c3ccc4c(c3)CC(=O)N4)nn2)cc1. The van der Waals surface area contributed by atoms with Crippen LogP contribution >= 0.6 is 0 Å². The summed E-state index contributed by atoms with van der Waals surface area (Å²) in [5, 5.41) is 11.6. The van der Waals surface area contributed by atoms with E-state index in [1.54, 1.807) is 0 Å². The molecule has 0 fully saturated rings. The van der Waals surface area contributed by atoms with E-state index in [2.05, 4.69) is 46.7 Å². The summed E-state index contributed by atoms with van der Waals surface area (Å²) in [5.41, 5.74) is 7.33. The molecule has 4 rings (SSSR count). The highest BCUT2D eigenvalue weighted by Gasteiger charge is 2.18. The van der Waals surface area contributed by atoms with Crippen molar-refractivity contribution in [3.63, 3.8) is 0 Å². The van der Waals surface area contributed by atoms with E-state index in [0.717, 1.165) is 41.0 Å². The van der Waals surface area contributed by atoms with Crippen LogP contribution in [-0.4, -0.2) is 16.1 Å². The summed E-state index contributed by atoms with van der Waals surface area (Å²) in [4.78, 5) is 11.5. The Kier molecular flexibility index (Phi) is 4.02. The minimum atomic E-state index is 0.0460. The van der Waals surface area contributed by atoms with Crippen LogP contribution in [0.25, 0.3) is 11.3 Å². The lowest BCUT2D eigenvalue weighted by molar-refractivity contribution is -0.115. The second kappa shape index (κ2) is 6.48. The van der Waals surface area contributed by atoms with Crippen molar-refractivity contribution in [1.29, 1.82) is 0 Å². The number of hydrogen-bond donors (Lipinski definition) is 1. The summed E-state index contributed by atoms with van der Waals surface area (Å²) >= 11 is 0. The summed E-state index contributed by atoms with van der Waals surface area (Å²) in [7, 11) is 0. The lowest BCUT2D eigenvalue weighted by Gasteiger charge is -2.05. The number of carbonyl (C=O) groups excluding carboxylic acids is 1. The Hall–Kier alpha value is -3.01. The third kappa shape index (κ3) is 3.43. The topological polar surface area (TPSA) is 54.9 Å². The summed E-state index contributed by atoms with van der Waals surface area (Å²) in [5.74, 6) is 0.0460. The number of amides is 1. The second-order valence-corrected chi connectivity index (χ2v) is 6.49. The summed E-state index contributed by atoms with van der Waals surface area (Å²) in [6.45, 7) is 2.10. The molecule has 2 aromatic carbocycles. The summed E-state index contributed by atoms with van der Waals surface area (Å²) in [6.07, 6.45) is 2.27. The van der Waals surface area contributed by atoms with Crippen molar-refractivity contribution in [3.8, 4) is 11.3 Å². The Balaban J connectivity index is 1.46. The molecule has 25 heavy (non-hydrogen) atoms. The van der Waals surface area contributed by atoms with Gasteiger partial charge in [-0.1, -0.05) is 35.9 Å². The van der Waals surface area contributed by atoms with E-state index in [1.165, 1.54) is 11.1 Å². The predicted octanol–water partition coefficient (Wildman–Crippen LogP) is 3.73. The molecule has 124 valence electrons. The molecule has 4 nitrogen and oxygen atoms in total. The predicted molar refractivity (Wildman–Crippen MR) is 98.4 cm³/mol. The Morgan fingerprint density at radius 2 is 1.80 bits per heavy atom. The van der Waals surface area contributed by atoms with Gasteiger partial charge in [0.05, 0.1) is 17.8 Å². The number of anilines is 1. The number of aryl methyl sites for hydroxylation is 3. The van der Waals surface area contributed by atoms with Crippen molar-refractivity contribution >= 4 is 11.6 Å². The van der Waals surface area contributed by atoms with Crippen LogP contribution in [0.5, 0.6) is 0 Å². The van der Waals surface area contributed by atoms with Gasteiger partial charge in [-0.3, -0.25) is 4.79 Å². The van der Waals surface area contributed by atoms with Gasteiger partial charge in [-0.25, -0.2) is 0 Å². The number of nitrogens with one attached hydrogen (secondary N) is 1. The van der Waals surface area contributed by atoms with E-state index in [1.807, 2.05) is 30.3 Å². The third-order valence-corrected chi connectivity index (χ3v) is 4.54. The molecule has 0 radical (unpaired) electrons. The number of fused-ring (bicyclic) bond motifs is 1. The maximum atomic E-state index is 11.5. The lowest BCUT2D eigenvalue weighted by Crippen LogP contribution is -2.03. The van der Waals surface area contributed by atoms with Gasteiger partial charge in [0.2, 0.25) is 5.91 Å². The molecule has 1 N–H and O–H groups in total. The Morgan fingerprint density at radius 1 is 0.960 bits per heavy atom. The molecule has 0 spiro atoms. The zero-order valence-electron chi connectivity index (χ0n) is 14.1. The molecular formula is C21H19N3O. The zero-order chi connectivity index (χ0) is 17.2. The fourth-order valence-corrected chi connectivity index (χ4v) is 3.06. The first kappa shape index (κ1) is 15.5. The second-order valence-electron chi connectivity index (χ2n) is 6.49. The van der Waals surface area contributed by atoms with Crippen LogP contribution in [0.3, 0.4) is 0 Å². The van der Waals surface area contributed by atoms with Gasteiger partial charge in [-0.2, -0.15) is 10.2 Å². The standard InChI is InChI=1S/C21H19N3O/c1-14-2-4-15(5-3-14)6-8-18-9-11-20(24-23-18)16-7-10-19-17(12-16)13-21(25)22-19/h2-5,7,9-12H,6,8,13H2,1H3,(H,22,25). The molecule has 0 atom stereocenters. The first-order chi connectivity index (χ1) is 12.2. The van der Waals surface area contributed by atoms with Crippen molar-refractivity contribution in [2.45, 2.75) is 26.2 Å². The molecule has 1 aliphatic rings. The first-order valence-corrected chi connectivity index (χ1v) is 8.49. The van der Waals surface area contributed by atoms with Crippen molar-refractivity contribution in [3.05, 3.63) is 77.0 Å². The van der Waals surface area contributed by atoms with Crippen molar-refractivity contribution < 1.29 is 4.79 Å². The van der Waals surface area contributed by atoms with E-state index in [-0.39, 0.29) is 5.91 Å². The van der Waals surface area contributed by atoms with Gasteiger partial charge in [0.15, 0.2) is 0 Å². The van der Waals surface area contributed by atoms with E-state index in [0.29, 0.717) is 6.42 Å². The number of nitrogens with zero attached hydrogens (tertiary/aromatic N) is 2. The Labute approximate surface area is 146 Å². The van der Waals surface area contributed by atoms with E-state index >= 15 is 0 Å². The van der Waals surface area contributed by atoms with E-state index in [4.69, 9.17) is 0 Å². The van der Waals surface area contributed by atoms with Gasteiger partial charge >= 0.3 is 0 Å². The van der Waals surface area contributed by atoms with Crippen molar-refractivity contribution in [2.75, 3.05) is 5.32 Å². The molecule has 0 saturated carbocycles. The molecule has 0 unspecified atom stereocenters. The Morgan fingerprint density at radius 3 is 2.56 bits per heavy atom. The van der Waals surface area contributed by atoms with Crippen LogP contribution in [0.4, 0.5) is 5.69 Å². The average Bonchev–Trinajstić information content (AvgIpc) is 3.01. The van der Waals surface area contributed by atoms with Crippen molar-refractivity contribution in [1.82, 2.24) is 10.2 Å². The van der Waals surface area contributed by atoms with Gasteiger partial charge < -0.3 is 5.32 Å². The summed E-state index contributed by atoms with van der Waals surface area (Å²) < 4.78 is 0. The molecule has 0 bridgehead atoms. The fourth-order valence-electron chi connectivity index (χ4n) is 3.06. The van der Waals surface area contributed by atoms with Crippen LogP contribution < -0.4 is 5.32 Å². The van der Waals surface area contributed by atoms with Gasteiger partial charge in [0, 0.05) is 11.3 Å². The highest BCUT2D eigenvalue weighted by molar-refractivity contribution is 5.99. The largest absolute Gasteiger partial charge is 0.326 e. The Bertz CT molecular complexity index is 915. The number of aromatic nitrogens is 2. The molecule has 0 aliphatic carbocycles. The van der Waals surface area contributed by atoms with Gasteiger partial charge in [0.1, 0.15) is 0 Å².